The van der Waals surface area contributed by atoms with Crippen molar-refractivity contribution in [2.24, 2.45) is 5.92 Å². The maximum absolute atomic E-state index is 12.6. The van der Waals surface area contributed by atoms with E-state index in [1.807, 2.05) is 6.07 Å². The van der Waals surface area contributed by atoms with Crippen molar-refractivity contribution in [3.63, 3.8) is 0 Å². The van der Waals surface area contributed by atoms with Gasteiger partial charge in [-0.2, -0.15) is 5.26 Å². The molecule has 2 aromatic rings. The molecule has 0 spiro atoms. The van der Waals surface area contributed by atoms with Crippen molar-refractivity contribution in [1.82, 2.24) is 14.3 Å². The van der Waals surface area contributed by atoms with Crippen molar-refractivity contribution in [1.29, 1.82) is 5.26 Å². The van der Waals surface area contributed by atoms with Gasteiger partial charge in [-0.15, -0.1) is 0 Å². The van der Waals surface area contributed by atoms with Crippen LogP contribution in [0.3, 0.4) is 0 Å². The molecule has 0 amide bonds. The highest BCUT2D eigenvalue weighted by atomic mass is 32.2. The largest absolute Gasteiger partial charge is 0.354 e. The minimum absolute atomic E-state index is 0.0640. The Morgan fingerprint density at radius 1 is 1.29 bits per heavy atom. The second-order valence-corrected chi connectivity index (χ2v) is 9.26. The Hall–Kier alpha value is -2.70. The average molecular weight is 399 g/mol. The van der Waals surface area contributed by atoms with E-state index in [2.05, 4.69) is 20.7 Å². The van der Waals surface area contributed by atoms with Gasteiger partial charge in [0.2, 0.25) is 10.0 Å². The lowest BCUT2D eigenvalue weighted by Gasteiger charge is -2.47. The first kappa shape index (κ1) is 18.7. The SMILES string of the molecule is CS(=O)(=O)NC[C@H]1[C@H]2C[C@H](CN(c3ncccc3C#N)C2)c2cccc(=O)n21. The van der Waals surface area contributed by atoms with Crippen LogP contribution in [0.5, 0.6) is 0 Å². The Morgan fingerprint density at radius 3 is 2.86 bits per heavy atom. The van der Waals surface area contributed by atoms with Crippen LogP contribution in [0.25, 0.3) is 0 Å². The first-order valence-electron chi connectivity index (χ1n) is 9.13. The summed E-state index contributed by atoms with van der Waals surface area (Å²) >= 11 is 0. The van der Waals surface area contributed by atoms with Gasteiger partial charge < -0.3 is 9.47 Å². The number of nitrogens with one attached hydrogen (secondary N) is 1. The lowest BCUT2D eigenvalue weighted by molar-refractivity contribution is 0.213. The maximum atomic E-state index is 12.6. The Morgan fingerprint density at radius 2 is 2.11 bits per heavy atom. The van der Waals surface area contributed by atoms with Gasteiger partial charge in [-0.3, -0.25) is 4.79 Å². The highest BCUT2D eigenvalue weighted by molar-refractivity contribution is 7.88. The summed E-state index contributed by atoms with van der Waals surface area (Å²) in [7, 11) is -3.38. The van der Waals surface area contributed by atoms with Crippen LogP contribution in [-0.2, 0) is 10.0 Å². The molecule has 4 heterocycles. The summed E-state index contributed by atoms with van der Waals surface area (Å²) in [4.78, 5) is 19.1. The van der Waals surface area contributed by atoms with Crippen LogP contribution in [0.4, 0.5) is 5.82 Å². The van der Waals surface area contributed by atoms with Gasteiger partial charge in [0.05, 0.1) is 17.9 Å². The molecule has 1 fully saturated rings. The predicted octanol–water partition coefficient (Wildman–Crippen LogP) is 0.829. The van der Waals surface area contributed by atoms with E-state index in [9.17, 15) is 18.5 Å². The molecule has 2 aliphatic rings. The summed E-state index contributed by atoms with van der Waals surface area (Å²) in [5.74, 6) is 0.825. The van der Waals surface area contributed by atoms with E-state index in [1.54, 1.807) is 29.0 Å². The summed E-state index contributed by atoms with van der Waals surface area (Å²) in [6.45, 7) is 1.44. The quantitative estimate of drug-likeness (QED) is 0.816. The average Bonchev–Trinajstić information content (AvgIpc) is 2.67. The molecule has 0 unspecified atom stereocenters. The summed E-state index contributed by atoms with van der Waals surface area (Å²) in [6, 6.07) is 10.6. The number of nitriles is 1. The molecule has 0 aromatic carbocycles. The molecule has 0 saturated carbocycles. The van der Waals surface area contributed by atoms with E-state index in [0.29, 0.717) is 24.5 Å². The number of piperidine rings is 1. The van der Waals surface area contributed by atoms with Gasteiger partial charge in [-0.25, -0.2) is 18.1 Å². The minimum Gasteiger partial charge on any atom is -0.354 e. The van der Waals surface area contributed by atoms with Crippen LogP contribution in [0.2, 0.25) is 0 Å². The van der Waals surface area contributed by atoms with Gasteiger partial charge >= 0.3 is 0 Å². The van der Waals surface area contributed by atoms with E-state index < -0.39 is 10.0 Å². The molecule has 146 valence electrons. The third kappa shape index (κ3) is 3.41. The van der Waals surface area contributed by atoms with E-state index >= 15 is 0 Å². The number of aromatic nitrogens is 2. The number of pyridine rings is 2. The zero-order valence-electron chi connectivity index (χ0n) is 15.4. The topological polar surface area (TPSA) is 108 Å². The molecule has 9 heteroatoms. The number of anilines is 1. The summed E-state index contributed by atoms with van der Waals surface area (Å²) in [6.07, 6.45) is 3.65. The smallest absolute Gasteiger partial charge is 0.251 e. The Kier molecular flexibility index (Phi) is 4.69. The van der Waals surface area contributed by atoms with Crippen LogP contribution < -0.4 is 15.2 Å². The van der Waals surface area contributed by atoms with Crippen LogP contribution in [-0.4, -0.2) is 43.9 Å². The van der Waals surface area contributed by atoms with Crippen LogP contribution in [0, 0.1) is 17.2 Å². The molecule has 3 atom stereocenters. The molecule has 0 radical (unpaired) electrons. The zero-order chi connectivity index (χ0) is 19.9. The Bertz CT molecular complexity index is 1110. The molecule has 2 aromatic heterocycles. The van der Waals surface area contributed by atoms with Gasteiger partial charge in [0.15, 0.2) is 0 Å². The number of hydrogen-bond donors (Lipinski definition) is 1. The Balaban J connectivity index is 1.75. The third-order valence-corrected chi connectivity index (χ3v) is 6.25. The van der Waals surface area contributed by atoms with Crippen molar-refractivity contribution in [3.05, 3.63) is 58.1 Å². The zero-order valence-corrected chi connectivity index (χ0v) is 16.3. The van der Waals surface area contributed by atoms with Crippen molar-refractivity contribution in [2.75, 3.05) is 30.8 Å². The number of hydrogen-bond acceptors (Lipinski definition) is 6. The van der Waals surface area contributed by atoms with E-state index in [0.717, 1.165) is 18.4 Å². The molecule has 1 N–H and O–H groups in total. The molecular weight excluding hydrogens is 378 g/mol. The molecule has 2 aliphatic heterocycles. The number of rotatable bonds is 4. The fourth-order valence-corrected chi connectivity index (χ4v) is 4.92. The van der Waals surface area contributed by atoms with Gasteiger partial charge in [0.1, 0.15) is 11.9 Å². The highest BCUT2D eigenvalue weighted by Gasteiger charge is 2.41. The van der Waals surface area contributed by atoms with Crippen molar-refractivity contribution in [2.45, 2.75) is 18.4 Å². The van der Waals surface area contributed by atoms with E-state index in [-0.39, 0.29) is 30.0 Å². The van der Waals surface area contributed by atoms with Gasteiger partial charge in [-0.05, 0) is 30.5 Å². The normalized spacial score (nSPS) is 23.7. The van der Waals surface area contributed by atoms with Crippen LogP contribution in [0.1, 0.15) is 29.6 Å². The molecular formula is C19H21N5O3S. The number of nitrogens with zero attached hydrogens (tertiary/aromatic N) is 4. The number of fused-ring (bicyclic) bond motifs is 4. The summed E-state index contributed by atoms with van der Waals surface area (Å²) in [5, 5.41) is 9.43. The summed E-state index contributed by atoms with van der Waals surface area (Å²) in [5.41, 5.74) is 1.30. The lowest BCUT2D eigenvalue weighted by atomic mass is 9.78. The first-order valence-corrected chi connectivity index (χ1v) is 11.0. The highest BCUT2D eigenvalue weighted by Crippen LogP contribution is 2.42. The lowest BCUT2D eigenvalue weighted by Crippen LogP contribution is -2.52. The molecule has 2 bridgehead atoms. The van der Waals surface area contributed by atoms with Crippen molar-refractivity contribution >= 4 is 15.8 Å². The fraction of sp³-hybridized carbons (Fsp3) is 0.421. The maximum Gasteiger partial charge on any atom is 0.251 e. The van der Waals surface area contributed by atoms with Gasteiger partial charge in [0.25, 0.3) is 5.56 Å². The minimum atomic E-state index is -3.38. The van der Waals surface area contributed by atoms with Gasteiger partial charge in [0, 0.05) is 43.5 Å². The predicted molar refractivity (Wildman–Crippen MR) is 105 cm³/mol. The second kappa shape index (κ2) is 7.04. The monoisotopic (exact) mass is 399 g/mol. The Labute approximate surface area is 163 Å². The third-order valence-electron chi connectivity index (χ3n) is 5.56. The first-order chi connectivity index (χ1) is 13.4. The van der Waals surface area contributed by atoms with Crippen molar-refractivity contribution < 1.29 is 8.42 Å². The molecule has 28 heavy (non-hydrogen) atoms. The standard InChI is InChI=1S/C19H21N5O3S/c1-28(26,27)22-10-17-15-8-14(16-5-2-6-18(25)24(16)17)11-23(12-15)19-13(9-20)4-3-7-21-19/h2-7,14-15,17,22H,8,10-12H2,1H3/t14-,15+,17+/m1/s1. The fourth-order valence-electron chi connectivity index (χ4n) is 4.45. The van der Waals surface area contributed by atoms with Crippen LogP contribution in [0.15, 0.2) is 41.3 Å². The molecule has 8 nitrogen and oxygen atoms in total. The molecule has 1 saturated heterocycles. The van der Waals surface area contributed by atoms with E-state index in [4.69, 9.17) is 0 Å². The molecule has 0 aliphatic carbocycles. The van der Waals surface area contributed by atoms with E-state index in [1.165, 1.54) is 6.07 Å². The molecule has 4 rings (SSSR count). The second-order valence-electron chi connectivity index (χ2n) is 7.43. The summed E-state index contributed by atoms with van der Waals surface area (Å²) < 4.78 is 27.6. The van der Waals surface area contributed by atoms with Gasteiger partial charge in [-0.1, -0.05) is 6.07 Å². The van der Waals surface area contributed by atoms with Crippen LogP contribution >= 0.6 is 0 Å². The van der Waals surface area contributed by atoms with Crippen molar-refractivity contribution in [3.8, 4) is 6.07 Å². The number of sulfonamides is 1.